The smallest absolute Gasteiger partial charge is 0.201 e. The first kappa shape index (κ1) is 34.3. The molecule has 2 fully saturated rings. The van der Waals surface area contributed by atoms with Gasteiger partial charge in [-0.25, -0.2) is 8.78 Å². The molecule has 4 heteroatoms. The summed E-state index contributed by atoms with van der Waals surface area (Å²) >= 11 is 0. The minimum atomic E-state index is -0.963. The highest BCUT2D eigenvalue weighted by molar-refractivity contribution is 5.71. The zero-order valence-electron chi connectivity index (χ0n) is 27.9. The first-order chi connectivity index (χ1) is 22.5. The number of allylic oxidation sites excluding steroid dienone is 1. The Morgan fingerprint density at radius 1 is 0.696 bits per heavy atom. The second kappa shape index (κ2) is 17.2. The summed E-state index contributed by atoms with van der Waals surface area (Å²) in [5.41, 5.74) is 3.06. The molecule has 0 saturated heterocycles. The highest BCUT2D eigenvalue weighted by Crippen LogP contribution is 2.45. The van der Waals surface area contributed by atoms with Gasteiger partial charge in [0, 0.05) is 11.1 Å². The second-order valence-electron chi connectivity index (χ2n) is 13.9. The Kier molecular flexibility index (Phi) is 12.9. The average molecular weight is 631 g/mol. The van der Waals surface area contributed by atoms with Crippen molar-refractivity contribution in [2.45, 2.75) is 116 Å². The first-order valence-corrected chi connectivity index (χ1v) is 18.1. The molecule has 3 aromatic rings. The van der Waals surface area contributed by atoms with Crippen LogP contribution in [0, 0.1) is 35.2 Å². The molecule has 2 aliphatic carbocycles. The van der Waals surface area contributed by atoms with Gasteiger partial charge in [0.05, 0.1) is 6.61 Å². The van der Waals surface area contributed by atoms with Crippen LogP contribution in [0.1, 0.15) is 121 Å². The molecule has 3 aromatic carbocycles. The van der Waals surface area contributed by atoms with Gasteiger partial charge in [0.2, 0.25) is 5.82 Å². The number of halogens is 3. The maximum absolute atomic E-state index is 15.4. The van der Waals surface area contributed by atoms with E-state index in [2.05, 4.69) is 25.6 Å². The standard InChI is InChI=1S/C42H53F3O/c1-3-5-7-8-9-10-28-46-40-27-26-38(41(44)42(40)45)35-22-20-34(21-23-35)37-25-24-36(29-39(37)43)33-18-16-32(17-19-33)31-14-12-30(13-15-31)11-6-4-2/h4,20-27,29-33H,2-3,5-19,28H2,1H3. The van der Waals surface area contributed by atoms with Crippen molar-refractivity contribution in [3.63, 3.8) is 0 Å². The van der Waals surface area contributed by atoms with Gasteiger partial charge in [-0.05, 0) is 116 Å². The summed E-state index contributed by atoms with van der Waals surface area (Å²) in [5, 5.41) is 0. The maximum atomic E-state index is 15.4. The van der Waals surface area contributed by atoms with Gasteiger partial charge >= 0.3 is 0 Å². The van der Waals surface area contributed by atoms with Crippen molar-refractivity contribution in [3.05, 3.63) is 90.3 Å². The average Bonchev–Trinajstić information content (AvgIpc) is 3.09. The minimum absolute atomic E-state index is 0.0517. The molecule has 2 saturated carbocycles. The lowest BCUT2D eigenvalue weighted by Crippen LogP contribution is -2.25. The Hall–Kier alpha value is -3.01. The van der Waals surface area contributed by atoms with E-state index in [4.69, 9.17) is 4.74 Å². The van der Waals surface area contributed by atoms with Crippen LogP contribution in [-0.2, 0) is 0 Å². The Labute approximate surface area is 275 Å². The van der Waals surface area contributed by atoms with E-state index < -0.39 is 11.6 Å². The van der Waals surface area contributed by atoms with Crippen molar-refractivity contribution < 1.29 is 17.9 Å². The molecule has 0 spiro atoms. The van der Waals surface area contributed by atoms with Crippen molar-refractivity contribution in [3.8, 4) is 28.0 Å². The third kappa shape index (κ3) is 8.87. The fourth-order valence-corrected chi connectivity index (χ4v) is 8.01. The molecule has 5 rings (SSSR count). The summed E-state index contributed by atoms with van der Waals surface area (Å²) in [6.07, 6.45) is 21.4. The Bertz CT molecular complexity index is 1380. The molecular weight excluding hydrogens is 577 g/mol. The van der Waals surface area contributed by atoms with Crippen LogP contribution in [0.5, 0.6) is 5.75 Å². The van der Waals surface area contributed by atoms with Gasteiger partial charge in [0.1, 0.15) is 5.82 Å². The highest BCUT2D eigenvalue weighted by atomic mass is 19.2. The van der Waals surface area contributed by atoms with Crippen molar-refractivity contribution in [2.75, 3.05) is 6.61 Å². The highest BCUT2D eigenvalue weighted by Gasteiger charge is 2.31. The van der Waals surface area contributed by atoms with E-state index in [0.717, 1.165) is 67.4 Å². The summed E-state index contributed by atoms with van der Waals surface area (Å²) in [7, 11) is 0. The van der Waals surface area contributed by atoms with E-state index in [-0.39, 0.29) is 17.1 Å². The van der Waals surface area contributed by atoms with E-state index in [1.54, 1.807) is 36.4 Å². The minimum Gasteiger partial charge on any atom is -0.490 e. The second-order valence-corrected chi connectivity index (χ2v) is 13.9. The SMILES string of the molecule is C=CCCC1CCC(C2CCC(c3ccc(-c4ccc(-c5ccc(OCCCCCCCC)c(F)c5F)cc4)c(F)c3)CC2)CC1. The number of unbranched alkanes of at least 4 members (excludes halogenated alkanes) is 5. The van der Waals surface area contributed by atoms with Crippen LogP contribution >= 0.6 is 0 Å². The fourth-order valence-electron chi connectivity index (χ4n) is 8.01. The topological polar surface area (TPSA) is 9.23 Å². The van der Waals surface area contributed by atoms with Gasteiger partial charge < -0.3 is 4.74 Å². The molecule has 0 heterocycles. The number of hydrogen-bond donors (Lipinski definition) is 0. The molecule has 0 aliphatic heterocycles. The quantitative estimate of drug-likeness (QED) is 0.120. The largest absolute Gasteiger partial charge is 0.490 e. The summed E-state index contributed by atoms with van der Waals surface area (Å²) in [6.45, 7) is 6.43. The Morgan fingerprint density at radius 2 is 1.30 bits per heavy atom. The molecule has 0 atom stereocenters. The van der Waals surface area contributed by atoms with Gasteiger partial charge in [-0.3, -0.25) is 0 Å². The molecule has 0 unspecified atom stereocenters. The molecule has 2 aliphatic rings. The normalized spacial score (nSPS) is 21.7. The molecule has 46 heavy (non-hydrogen) atoms. The van der Waals surface area contributed by atoms with E-state index in [9.17, 15) is 4.39 Å². The predicted octanol–water partition coefficient (Wildman–Crippen LogP) is 13.2. The molecule has 0 radical (unpaired) electrons. The van der Waals surface area contributed by atoms with Gasteiger partial charge in [-0.2, -0.15) is 4.39 Å². The molecule has 0 N–H and O–H groups in total. The van der Waals surface area contributed by atoms with Crippen molar-refractivity contribution in [2.24, 2.45) is 17.8 Å². The van der Waals surface area contributed by atoms with Crippen LogP contribution in [-0.4, -0.2) is 6.61 Å². The van der Waals surface area contributed by atoms with Crippen molar-refractivity contribution >= 4 is 0 Å². The van der Waals surface area contributed by atoms with E-state index in [1.807, 2.05) is 6.07 Å². The molecule has 0 bridgehead atoms. The Balaban J connectivity index is 1.14. The fraction of sp³-hybridized carbons (Fsp3) is 0.524. The summed E-state index contributed by atoms with van der Waals surface area (Å²) in [6, 6.07) is 15.8. The zero-order chi connectivity index (χ0) is 32.3. The van der Waals surface area contributed by atoms with Gasteiger partial charge in [0.15, 0.2) is 11.6 Å². The van der Waals surface area contributed by atoms with Gasteiger partial charge in [-0.1, -0.05) is 94.3 Å². The lowest BCUT2D eigenvalue weighted by molar-refractivity contribution is 0.157. The van der Waals surface area contributed by atoms with E-state index in [1.165, 1.54) is 70.3 Å². The summed E-state index contributed by atoms with van der Waals surface area (Å²) < 4.78 is 50.9. The van der Waals surface area contributed by atoms with Gasteiger partial charge in [-0.15, -0.1) is 6.58 Å². The van der Waals surface area contributed by atoms with Crippen LogP contribution in [0.2, 0.25) is 0 Å². The maximum Gasteiger partial charge on any atom is 0.201 e. The van der Waals surface area contributed by atoms with E-state index >= 15 is 8.78 Å². The zero-order valence-corrected chi connectivity index (χ0v) is 27.9. The predicted molar refractivity (Wildman–Crippen MR) is 186 cm³/mol. The summed E-state index contributed by atoms with van der Waals surface area (Å²) in [5.74, 6) is 0.837. The lowest BCUT2D eigenvalue weighted by Gasteiger charge is -2.38. The first-order valence-electron chi connectivity index (χ1n) is 18.1. The van der Waals surface area contributed by atoms with Crippen LogP contribution in [0.3, 0.4) is 0 Å². The van der Waals surface area contributed by atoms with Crippen LogP contribution in [0.4, 0.5) is 13.2 Å². The van der Waals surface area contributed by atoms with Crippen LogP contribution in [0.15, 0.2) is 67.3 Å². The van der Waals surface area contributed by atoms with Crippen molar-refractivity contribution in [1.29, 1.82) is 0 Å². The molecular formula is C42H53F3O. The third-order valence-electron chi connectivity index (χ3n) is 10.9. The molecule has 1 nitrogen and oxygen atoms in total. The van der Waals surface area contributed by atoms with E-state index in [0.29, 0.717) is 23.7 Å². The van der Waals surface area contributed by atoms with Crippen molar-refractivity contribution in [1.82, 2.24) is 0 Å². The monoisotopic (exact) mass is 630 g/mol. The number of rotatable bonds is 15. The Morgan fingerprint density at radius 3 is 1.96 bits per heavy atom. The van der Waals surface area contributed by atoms with Crippen LogP contribution < -0.4 is 4.74 Å². The number of hydrogen-bond acceptors (Lipinski definition) is 1. The number of benzene rings is 3. The van der Waals surface area contributed by atoms with Gasteiger partial charge in [0.25, 0.3) is 0 Å². The molecule has 0 aromatic heterocycles. The number of ether oxygens (including phenoxy) is 1. The van der Waals surface area contributed by atoms with Crippen LogP contribution in [0.25, 0.3) is 22.3 Å². The molecule has 248 valence electrons. The summed E-state index contributed by atoms with van der Waals surface area (Å²) in [4.78, 5) is 0. The molecule has 0 amide bonds. The lowest BCUT2D eigenvalue weighted by atomic mass is 9.68. The third-order valence-corrected chi connectivity index (χ3v) is 10.9.